The molecule has 0 spiro atoms. The highest BCUT2D eigenvalue weighted by molar-refractivity contribution is 5.89. The fourth-order valence-electron chi connectivity index (χ4n) is 4.45. The topological polar surface area (TPSA) is 58.6 Å². The lowest BCUT2D eigenvalue weighted by Gasteiger charge is -2.34. The Kier molecular flexibility index (Phi) is 9.37. The maximum Gasteiger partial charge on any atom is 0.261 e. The Labute approximate surface area is 228 Å². The number of rotatable bonds is 9. The molecular weight excluding hydrogens is 472 g/mol. The second-order valence-electron chi connectivity index (χ2n) is 12.0. The molecule has 0 radical (unpaired) electrons. The Morgan fingerprint density at radius 2 is 1.47 bits per heavy atom. The van der Waals surface area contributed by atoms with E-state index >= 15 is 0 Å². The van der Waals surface area contributed by atoms with Gasteiger partial charge in [-0.1, -0.05) is 99.1 Å². The number of amides is 2. The van der Waals surface area contributed by atoms with E-state index in [1.54, 1.807) is 4.90 Å². The van der Waals surface area contributed by atoms with Crippen molar-refractivity contribution in [1.29, 1.82) is 0 Å². The van der Waals surface area contributed by atoms with Crippen LogP contribution in [0, 0.1) is 6.92 Å². The van der Waals surface area contributed by atoms with E-state index in [9.17, 15) is 9.59 Å². The van der Waals surface area contributed by atoms with E-state index in [0.29, 0.717) is 18.7 Å². The van der Waals surface area contributed by atoms with E-state index < -0.39 is 11.6 Å². The molecule has 3 aromatic rings. The van der Waals surface area contributed by atoms with Crippen molar-refractivity contribution < 1.29 is 14.3 Å². The molecule has 5 nitrogen and oxygen atoms in total. The molecule has 0 aliphatic carbocycles. The summed E-state index contributed by atoms with van der Waals surface area (Å²) in [6.07, 6.45) is 0.402. The lowest BCUT2D eigenvalue weighted by molar-refractivity contribution is -0.143. The van der Waals surface area contributed by atoms with Gasteiger partial charge in [0.25, 0.3) is 5.91 Å². The molecule has 3 aromatic carbocycles. The molecular formula is C33H42N2O3. The van der Waals surface area contributed by atoms with Gasteiger partial charge in [0.05, 0.1) is 0 Å². The number of carbonyl (C=O) groups excluding carboxylic acids is 2. The summed E-state index contributed by atoms with van der Waals surface area (Å²) in [7, 11) is 0. The Morgan fingerprint density at radius 1 is 0.842 bits per heavy atom. The van der Waals surface area contributed by atoms with Crippen molar-refractivity contribution in [2.24, 2.45) is 0 Å². The average Bonchev–Trinajstić information content (AvgIpc) is 2.84. The van der Waals surface area contributed by atoms with Crippen LogP contribution >= 0.6 is 0 Å². The number of para-hydroxylation sites is 1. The molecule has 0 saturated heterocycles. The van der Waals surface area contributed by atoms with Crippen LogP contribution < -0.4 is 10.1 Å². The van der Waals surface area contributed by atoms with Gasteiger partial charge in [0.15, 0.2) is 6.61 Å². The van der Waals surface area contributed by atoms with Crippen LogP contribution in [0.2, 0.25) is 0 Å². The summed E-state index contributed by atoms with van der Waals surface area (Å²) in [5, 5.41) is 3.10. The highest BCUT2D eigenvalue weighted by atomic mass is 16.5. The van der Waals surface area contributed by atoms with Gasteiger partial charge in [-0.2, -0.15) is 0 Å². The Morgan fingerprint density at radius 3 is 2.11 bits per heavy atom. The van der Waals surface area contributed by atoms with E-state index in [1.165, 1.54) is 0 Å². The van der Waals surface area contributed by atoms with Gasteiger partial charge in [-0.15, -0.1) is 0 Å². The van der Waals surface area contributed by atoms with E-state index in [1.807, 2.05) is 100 Å². The van der Waals surface area contributed by atoms with Crippen LogP contribution in [-0.2, 0) is 28.0 Å². The molecule has 202 valence electrons. The van der Waals surface area contributed by atoms with E-state index in [0.717, 1.165) is 22.3 Å². The second kappa shape index (κ2) is 12.3. The number of nitrogens with zero attached hydrogens (tertiary/aromatic N) is 1. The predicted octanol–water partition coefficient (Wildman–Crippen LogP) is 6.23. The minimum Gasteiger partial charge on any atom is -0.483 e. The van der Waals surface area contributed by atoms with Crippen LogP contribution in [0.4, 0.5) is 0 Å². The minimum atomic E-state index is -0.703. The molecule has 1 atom stereocenters. The first-order valence-corrected chi connectivity index (χ1v) is 13.3. The largest absolute Gasteiger partial charge is 0.483 e. The average molecular weight is 515 g/mol. The molecule has 0 saturated carbocycles. The van der Waals surface area contributed by atoms with Gasteiger partial charge >= 0.3 is 0 Å². The number of benzene rings is 3. The van der Waals surface area contributed by atoms with Crippen molar-refractivity contribution in [3.63, 3.8) is 0 Å². The van der Waals surface area contributed by atoms with E-state index in [-0.39, 0.29) is 23.8 Å². The maximum absolute atomic E-state index is 13.9. The molecule has 0 fully saturated rings. The van der Waals surface area contributed by atoms with Crippen molar-refractivity contribution >= 4 is 11.8 Å². The third kappa shape index (κ3) is 8.47. The smallest absolute Gasteiger partial charge is 0.261 e. The summed E-state index contributed by atoms with van der Waals surface area (Å²) < 4.78 is 6.13. The van der Waals surface area contributed by atoms with Crippen LogP contribution in [0.15, 0.2) is 78.9 Å². The molecule has 0 heterocycles. The lowest BCUT2D eigenvalue weighted by atomic mass is 9.86. The normalized spacial score (nSPS) is 12.5. The predicted molar refractivity (Wildman–Crippen MR) is 154 cm³/mol. The first-order chi connectivity index (χ1) is 17.8. The fraction of sp³-hybridized carbons (Fsp3) is 0.394. The van der Waals surface area contributed by atoms with Crippen LogP contribution in [0.1, 0.15) is 63.8 Å². The number of aryl methyl sites for hydroxylation is 1. The van der Waals surface area contributed by atoms with Gasteiger partial charge in [-0.05, 0) is 55.9 Å². The molecule has 1 unspecified atom stereocenters. The molecule has 0 bridgehead atoms. The molecule has 0 aliphatic rings. The molecule has 2 amide bonds. The summed E-state index contributed by atoms with van der Waals surface area (Å²) in [4.78, 5) is 29.2. The number of hydrogen-bond donors (Lipinski definition) is 1. The van der Waals surface area contributed by atoms with Crippen LogP contribution in [0.3, 0.4) is 0 Å². The van der Waals surface area contributed by atoms with Crippen molar-refractivity contribution in [2.45, 2.75) is 78.4 Å². The van der Waals surface area contributed by atoms with Gasteiger partial charge in [-0.25, -0.2) is 0 Å². The van der Waals surface area contributed by atoms with Gasteiger partial charge in [0.2, 0.25) is 5.91 Å². The lowest BCUT2D eigenvalue weighted by Crippen LogP contribution is -2.55. The zero-order chi connectivity index (χ0) is 27.9. The molecule has 38 heavy (non-hydrogen) atoms. The van der Waals surface area contributed by atoms with Gasteiger partial charge in [0.1, 0.15) is 11.8 Å². The summed E-state index contributed by atoms with van der Waals surface area (Å²) in [5.74, 6) is 0.264. The fourth-order valence-corrected chi connectivity index (χ4v) is 4.45. The van der Waals surface area contributed by atoms with Gasteiger partial charge in [-0.3, -0.25) is 9.59 Å². The second-order valence-corrected chi connectivity index (χ2v) is 12.0. The van der Waals surface area contributed by atoms with Crippen LogP contribution in [-0.4, -0.2) is 34.9 Å². The van der Waals surface area contributed by atoms with Gasteiger partial charge in [0, 0.05) is 18.5 Å². The summed E-state index contributed by atoms with van der Waals surface area (Å²) >= 11 is 0. The molecule has 0 aromatic heterocycles. The molecule has 5 heteroatoms. The van der Waals surface area contributed by atoms with Crippen molar-refractivity contribution in [3.8, 4) is 5.75 Å². The third-order valence-electron chi connectivity index (χ3n) is 6.25. The first kappa shape index (κ1) is 29.0. The quantitative estimate of drug-likeness (QED) is 0.368. The number of nitrogens with one attached hydrogen (secondary N) is 1. The maximum atomic E-state index is 13.9. The minimum absolute atomic E-state index is 0.136. The van der Waals surface area contributed by atoms with E-state index in [4.69, 9.17) is 4.74 Å². The Balaban J connectivity index is 1.96. The zero-order valence-corrected chi connectivity index (χ0v) is 23.9. The van der Waals surface area contributed by atoms with Gasteiger partial charge < -0.3 is 15.0 Å². The van der Waals surface area contributed by atoms with E-state index in [2.05, 4.69) is 32.2 Å². The highest BCUT2D eigenvalue weighted by Crippen LogP contribution is 2.31. The number of ether oxygens (including phenoxy) is 1. The molecule has 0 aliphatic heterocycles. The standard InChI is InChI=1S/C33H42N2O3/c1-24-14-13-17-26(20-24)22-35(30(36)23-38-29-19-12-11-18-27(29)32(2,3)4)28(31(37)34-33(5,6)7)21-25-15-9-8-10-16-25/h8-20,28H,21-23H2,1-7H3,(H,34,37). The monoisotopic (exact) mass is 514 g/mol. The van der Waals surface area contributed by atoms with Crippen LogP contribution in [0.5, 0.6) is 5.75 Å². The highest BCUT2D eigenvalue weighted by Gasteiger charge is 2.32. The summed E-state index contributed by atoms with van der Waals surface area (Å²) in [6.45, 7) is 14.4. The van der Waals surface area contributed by atoms with Crippen molar-refractivity contribution in [1.82, 2.24) is 10.2 Å². The molecule has 3 rings (SSSR count). The summed E-state index contributed by atoms with van der Waals surface area (Å²) in [6, 6.07) is 25.0. The molecule has 1 N–H and O–H groups in total. The first-order valence-electron chi connectivity index (χ1n) is 13.3. The third-order valence-corrected chi connectivity index (χ3v) is 6.25. The van der Waals surface area contributed by atoms with Crippen LogP contribution in [0.25, 0.3) is 0 Å². The summed E-state index contributed by atoms with van der Waals surface area (Å²) in [5.41, 5.74) is 3.52. The Bertz CT molecular complexity index is 1220. The van der Waals surface area contributed by atoms with Crippen molar-refractivity contribution in [3.05, 3.63) is 101 Å². The van der Waals surface area contributed by atoms with Crippen molar-refractivity contribution in [2.75, 3.05) is 6.61 Å². The number of hydrogen-bond acceptors (Lipinski definition) is 3. The Hall–Kier alpha value is -3.60. The SMILES string of the molecule is Cc1cccc(CN(C(=O)COc2ccccc2C(C)(C)C)C(Cc2ccccc2)C(=O)NC(C)(C)C)c1. The zero-order valence-electron chi connectivity index (χ0n) is 23.9. The number of carbonyl (C=O) groups is 2.